The lowest BCUT2D eigenvalue weighted by Crippen LogP contribution is -2.32. The van der Waals surface area contributed by atoms with Gasteiger partial charge in [0.1, 0.15) is 29.6 Å². The fourth-order valence-electron chi connectivity index (χ4n) is 3.65. The molecule has 0 radical (unpaired) electrons. The minimum Gasteiger partial charge on any atom is -0.497 e. The molecule has 11 heteroatoms. The second kappa shape index (κ2) is 11.8. The molecule has 4 rings (SSSR count). The Labute approximate surface area is 221 Å². The summed E-state index contributed by atoms with van der Waals surface area (Å²) in [7, 11) is 1.54. The zero-order valence-electron chi connectivity index (χ0n) is 20.6. The van der Waals surface area contributed by atoms with Gasteiger partial charge in [0.15, 0.2) is 0 Å². The van der Waals surface area contributed by atoms with Gasteiger partial charge in [-0.2, -0.15) is 13.2 Å². The summed E-state index contributed by atoms with van der Waals surface area (Å²) in [4.78, 5) is 18.9. The maximum absolute atomic E-state index is 14.0. The molecule has 0 aliphatic carbocycles. The van der Waals surface area contributed by atoms with Crippen molar-refractivity contribution < 1.29 is 37.3 Å². The Morgan fingerprint density at radius 1 is 0.923 bits per heavy atom. The van der Waals surface area contributed by atoms with Gasteiger partial charge in [-0.05, 0) is 48.4 Å². The monoisotopic (exact) mass is 539 g/mol. The number of methoxy groups -OCH3 is 1. The summed E-state index contributed by atoms with van der Waals surface area (Å²) in [6.45, 7) is 0. The summed E-state index contributed by atoms with van der Waals surface area (Å²) in [6, 6.07) is 19.1. The van der Waals surface area contributed by atoms with E-state index in [1.165, 1.54) is 37.4 Å². The zero-order chi connectivity index (χ0) is 28.0. The Morgan fingerprint density at radius 3 is 2.08 bits per heavy atom. The van der Waals surface area contributed by atoms with Crippen molar-refractivity contribution in [1.29, 1.82) is 0 Å². The number of hydrogen-bond acceptors (Lipinski definition) is 7. The van der Waals surface area contributed by atoms with Crippen LogP contribution in [0.15, 0.2) is 85.2 Å². The zero-order valence-corrected chi connectivity index (χ0v) is 20.6. The Morgan fingerprint density at radius 2 is 1.51 bits per heavy atom. The number of benzene rings is 3. The Bertz CT molecular complexity index is 1400. The van der Waals surface area contributed by atoms with Crippen LogP contribution in [-0.2, 0) is 11.2 Å². The number of nitrogens with two attached hydrogens (primary N) is 1. The first-order chi connectivity index (χ1) is 18.6. The molecule has 1 unspecified atom stereocenters. The lowest BCUT2D eigenvalue weighted by Gasteiger charge is -2.22. The van der Waals surface area contributed by atoms with Crippen molar-refractivity contribution in [2.45, 2.75) is 24.7 Å². The van der Waals surface area contributed by atoms with E-state index in [1.54, 1.807) is 48.5 Å². The number of ether oxygens (including phenoxy) is 3. The highest BCUT2D eigenvalue weighted by Crippen LogP contribution is 2.37. The molecular weight excluding hydrogens is 515 g/mol. The largest absolute Gasteiger partial charge is 0.497 e. The smallest absolute Gasteiger partial charge is 0.429 e. The maximum Gasteiger partial charge on any atom is 0.429 e. The van der Waals surface area contributed by atoms with Gasteiger partial charge in [0.25, 0.3) is 0 Å². The highest BCUT2D eigenvalue weighted by molar-refractivity contribution is 5.73. The Kier molecular flexibility index (Phi) is 8.30. The van der Waals surface area contributed by atoms with Gasteiger partial charge in [-0.1, -0.05) is 36.4 Å². The van der Waals surface area contributed by atoms with E-state index in [-0.39, 0.29) is 17.9 Å². The van der Waals surface area contributed by atoms with Crippen LogP contribution < -0.4 is 19.9 Å². The van der Waals surface area contributed by atoms with Gasteiger partial charge >= 0.3 is 12.1 Å². The summed E-state index contributed by atoms with van der Waals surface area (Å²) in [5.74, 6) is 0.113. The number of hydrogen-bond donors (Lipinski definition) is 2. The molecule has 3 aromatic carbocycles. The third-order valence-electron chi connectivity index (χ3n) is 5.68. The van der Waals surface area contributed by atoms with Crippen LogP contribution in [0.3, 0.4) is 0 Å². The van der Waals surface area contributed by atoms with Crippen LogP contribution in [0.4, 0.5) is 13.2 Å². The number of carboxylic acids is 1. The average molecular weight is 540 g/mol. The van der Waals surface area contributed by atoms with Crippen molar-refractivity contribution in [3.8, 4) is 34.4 Å². The summed E-state index contributed by atoms with van der Waals surface area (Å²) in [5, 5.41) is 8.96. The predicted molar refractivity (Wildman–Crippen MR) is 136 cm³/mol. The third-order valence-corrected chi connectivity index (χ3v) is 5.68. The van der Waals surface area contributed by atoms with Crippen molar-refractivity contribution in [2.24, 2.45) is 5.73 Å². The van der Waals surface area contributed by atoms with Crippen LogP contribution in [-0.4, -0.2) is 40.4 Å². The lowest BCUT2D eigenvalue weighted by molar-refractivity contribution is -0.198. The van der Waals surface area contributed by atoms with E-state index < -0.39 is 24.3 Å². The van der Waals surface area contributed by atoms with E-state index in [4.69, 9.17) is 25.1 Å². The molecule has 0 aliphatic heterocycles. The van der Waals surface area contributed by atoms with E-state index in [2.05, 4.69) is 9.97 Å². The number of carboxylic acid groups (broad SMARTS) is 1. The van der Waals surface area contributed by atoms with Crippen LogP contribution in [0.5, 0.6) is 23.1 Å². The summed E-state index contributed by atoms with van der Waals surface area (Å²) >= 11 is 0. The molecule has 0 saturated carbocycles. The first-order valence-electron chi connectivity index (χ1n) is 11.7. The van der Waals surface area contributed by atoms with Crippen molar-refractivity contribution in [2.75, 3.05) is 7.11 Å². The van der Waals surface area contributed by atoms with Crippen molar-refractivity contribution >= 4 is 5.97 Å². The van der Waals surface area contributed by atoms with Gasteiger partial charge in [0.2, 0.25) is 12.0 Å². The Hall–Kier alpha value is -4.64. The van der Waals surface area contributed by atoms with E-state index in [0.717, 1.165) is 6.33 Å². The summed E-state index contributed by atoms with van der Waals surface area (Å²) < 4.78 is 58.0. The number of aromatic nitrogens is 2. The van der Waals surface area contributed by atoms with Gasteiger partial charge < -0.3 is 25.1 Å². The minimum atomic E-state index is -4.73. The second-order valence-electron chi connectivity index (χ2n) is 8.47. The number of nitrogens with zero attached hydrogens (tertiary/aromatic N) is 2. The summed E-state index contributed by atoms with van der Waals surface area (Å²) in [6.07, 6.45) is -5.77. The highest BCUT2D eigenvalue weighted by Gasteiger charge is 2.43. The molecule has 0 saturated heterocycles. The van der Waals surface area contributed by atoms with Gasteiger partial charge in [-0.3, -0.25) is 4.79 Å². The minimum absolute atomic E-state index is 0.130. The average Bonchev–Trinajstić information content (AvgIpc) is 2.92. The molecule has 1 heterocycles. The molecule has 4 aromatic rings. The van der Waals surface area contributed by atoms with Crippen molar-refractivity contribution in [3.63, 3.8) is 0 Å². The number of carbonyl (C=O) groups is 1. The molecule has 0 fully saturated rings. The second-order valence-corrected chi connectivity index (χ2v) is 8.47. The van der Waals surface area contributed by atoms with Crippen LogP contribution in [0.25, 0.3) is 11.3 Å². The first kappa shape index (κ1) is 27.4. The molecule has 0 bridgehead atoms. The molecular formula is C28H24F3N3O5. The third kappa shape index (κ3) is 7.23. The van der Waals surface area contributed by atoms with E-state index >= 15 is 0 Å². The van der Waals surface area contributed by atoms with Crippen LogP contribution >= 0.6 is 0 Å². The van der Waals surface area contributed by atoms with Gasteiger partial charge in [0, 0.05) is 17.2 Å². The van der Waals surface area contributed by atoms with E-state index in [1.807, 2.05) is 0 Å². The molecule has 39 heavy (non-hydrogen) atoms. The fraction of sp³-hybridized carbons (Fsp3) is 0.179. The molecule has 1 aromatic heterocycles. The van der Waals surface area contributed by atoms with Crippen molar-refractivity contribution in [1.82, 2.24) is 9.97 Å². The van der Waals surface area contributed by atoms with Gasteiger partial charge in [-0.15, -0.1) is 0 Å². The molecule has 0 aliphatic rings. The lowest BCUT2D eigenvalue weighted by atomic mass is 10.0. The Balaban J connectivity index is 1.49. The van der Waals surface area contributed by atoms with Crippen LogP contribution in [0, 0.1) is 0 Å². The number of alkyl halides is 3. The first-order valence-corrected chi connectivity index (χ1v) is 11.7. The van der Waals surface area contributed by atoms with E-state index in [9.17, 15) is 18.0 Å². The molecule has 2 atom stereocenters. The van der Waals surface area contributed by atoms with Crippen LogP contribution in [0.1, 0.15) is 17.2 Å². The number of rotatable bonds is 10. The van der Waals surface area contributed by atoms with Gasteiger partial charge in [-0.25, -0.2) is 9.97 Å². The predicted octanol–water partition coefficient (Wildman–Crippen LogP) is 5.58. The molecule has 202 valence electrons. The van der Waals surface area contributed by atoms with Gasteiger partial charge in [0.05, 0.1) is 12.8 Å². The quantitative estimate of drug-likeness (QED) is 0.268. The normalized spacial score (nSPS) is 12.8. The molecule has 8 nitrogen and oxygen atoms in total. The van der Waals surface area contributed by atoms with E-state index in [0.29, 0.717) is 34.1 Å². The number of aliphatic carboxylic acids is 1. The van der Waals surface area contributed by atoms with Crippen molar-refractivity contribution in [3.05, 3.63) is 96.3 Å². The molecule has 3 N–H and O–H groups in total. The standard InChI is InChI=1S/C28H24F3N3O5/c1-37-20-10-12-22(13-11-20)38-21-8-6-19(7-9-21)26(28(29,30)31)39-25-15-24(33-16-34-25)18-4-2-17(3-5-18)14-23(32)27(35)36/h2-13,15-16,23,26H,14,32H2,1H3,(H,35,36)/t23-,26?/m0/s1. The summed E-state index contributed by atoms with van der Waals surface area (Å²) in [5.41, 5.74) is 7.03. The maximum atomic E-state index is 14.0. The topological polar surface area (TPSA) is 117 Å². The van der Waals surface area contributed by atoms with Crippen LogP contribution in [0.2, 0.25) is 0 Å². The fourth-order valence-corrected chi connectivity index (χ4v) is 3.65. The SMILES string of the molecule is COc1ccc(Oc2ccc(C(Oc3cc(-c4ccc(C[C@H](N)C(=O)O)cc4)ncn3)C(F)(F)F)cc2)cc1. The molecule has 0 amide bonds. The molecule has 0 spiro atoms. The highest BCUT2D eigenvalue weighted by atomic mass is 19.4. The number of halogens is 3.